The summed E-state index contributed by atoms with van der Waals surface area (Å²) in [6.07, 6.45) is 3.02. The Labute approximate surface area is 219 Å². The van der Waals surface area contributed by atoms with Crippen LogP contribution in [0.15, 0.2) is 72.8 Å². The molecule has 1 fully saturated rings. The van der Waals surface area contributed by atoms with Gasteiger partial charge in [-0.15, -0.1) is 0 Å². The lowest BCUT2D eigenvalue weighted by atomic mass is 9.99. The van der Waals surface area contributed by atoms with Crippen LogP contribution in [0, 0.1) is 0 Å². The van der Waals surface area contributed by atoms with Crippen molar-refractivity contribution in [1.29, 1.82) is 0 Å². The number of amides is 2. The van der Waals surface area contributed by atoms with Gasteiger partial charge < -0.3 is 19.4 Å². The summed E-state index contributed by atoms with van der Waals surface area (Å²) in [6.45, 7) is 4.40. The highest BCUT2D eigenvalue weighted by Crippen LogP contribution is 2.25. The highest BCUT2D eigenvalue weighted by atomic mass is 16.5. The van der Waals surface area contributed by atoms with Crippen LogP contribution in [0.3, 0.4) is 0 Å². The summed E-state index contributed by atoms with van der Waals surface area (Å²) in [4.78, 5) is 32.3. The average molecular weight is 498 g/mol. The zero-order chi connectivity index (χ0) is 25.6. The molecule has 2 aliphatic rings. The van der Waals surface area contributed by atoms with Gasteiger partial charge in [-0.25, -0.2) is 0 Å². The SMILES string of the molecule is COc1ccc(CCC(=O)N2CCCN(C(=O)c3ccc(N4CCc5ccccc5C4)cc3)CC2)cc1. The van der Waals surface area contributed by atoms with Crippen LogP contribution in [0.4, 0.5) is 5.69 Å². The molecule has 2 heterocycles. The molecule has 3 aromatic carbocycles. The van der Waals surface area contributed by atoms with Gasteiger partial charge in [0, 0.05) is 56.9 Å². The number of hydrogen-bond acceptors (Lipinski definition) is 4. The molecule has 0 unspecified atom stereocenters. The highest BCUT2D eigenvalue weighted by Gasteiger charge is 2.23. The van der Waals surface area contributed by atoms with Crippen LogP contribution in [0.2, 0.25) is 0 Å². The smallest absolute Gasteiger partial charge is 0.253 e. The van der Waals surface area contributed by atoms with E-state index in [2.05, 4.69) is 41.3 Å². The predicted molar refractivity (Wildman–Crippen MR) is 146 cm³/mol. The van der Waals surface area contributed by atoms with E-state index < -0.39 is 0 Å². The van der Waals surface area contributed by atoms with Crippen molar-refractivity contribution in [2.45, 2.75) is 32.2 Å². The molecule has 3 aromatic rings. The maximum atomic E-state index is 13.2. The number of aryl methyl sites for hydroxylation is 1. The van der Waals surface area contributed by atoms with E-state index in [4.69, 9.17) is 4.74 Å². The minimum atomic E-state index is 0.0445. The van der Waals surface area contributed by atoms with Crippen molar-refractivity contribution in [2.75, 3.05) is 44.7 Å². The summed E-state index contributed by atoms with van der Waals surface area (Å²) in [5.74, 6) is 1.01. The zero-order valence-electron chi connectivity index (χ0n) is 21.6. The Morgan fingerprint density at radius 1 is 0.784 bits per heavy atom. The third-order valence-corrected chi connectivity index (χ3v) is 7.53. The Kier molecular flexibility index (Phi) is 7.73. The first-order chi connectivity index (χ1) is 18.1. The van der Waals surface area contributed by atoms with Gasteiger partial charge in [0.1, 0.15) is 5.75 Å². The van der Waals surface area contributed by atoms with Gasteiger partial charge >= 0.3 is 0 Å². The van der Waals surface area contributed by atoms with E-state index in [1.807, 2.05) is 46.2 Å². The first-order valence-corrected chi connectivity index (χ1v) is 13.2. The highest BCUT2D eigenvalue weighted by molar-refractivity contribution is 5.94. The fourth-order valence-corrected chi connectivity index (χ4v) is 5.29. The second-order valence-electron chi connectivity index (χ2n) is 9.86. The first kappa shape index (κ1) is 24.9. The predicted octanol–water partition coefficient (Wildman–Crippen LogP) is 4.57. The molecule has 0 saturated carbocycles. The molecular formula is C31H35N3O3. The maximum Gasteiger partial charge on any atom is 0.253 e. The number of ether oxygens (including phenoxy) is 1. The van der Waals surface area contributed by atoms with Crippen LogP contribution in [0.5, 0.6) is 5.75 Å². The van der Waals surface area contributed by atoms with Gasteiger partial charge in [0.05, 0.1) is 7.11 Å². The van der Waals surface area contributed by atoms with Crippen molar-refractivity contribution in [3.05, 3.63) is 95.1 Å². The molecule has 37 heavy (non-hydrogen) atoms. The van der Waals surface area contributed by atoms with Gasteiger partial charge in [-0.1, -0.05) is 36.4 Å². The summed E-state index contributed by atoms with van der Waals surface area (Å²) in [7, 11) is 1.65. The number of hydrogen-bond donors (Lipinski definition) is 0. The molecule has 2 amide bonds. The van der Waals surface area contributed by atoms with Crippen molar-refractivity contribution in [3.63, 3.8) is 0 Å². The molecule has 0 N–H and O–H groups in total. The average Bonchev–Trinajstić information content (AvgIpc) is 3.22. The van der Waals surface area contributed by atoms with E-state index in [-0.39, 0.29) is 11.8 Å². The van der Waals surface area contributed by atoms with Crippen molar-refractivity contribution in [1.82, 2.24) is 9.80 Å². The summed E-state index contributed by atoms with van der Waals surface area (Å²) < 4.78 is 5.20. The standard InChI is InChI=1S/C31H35N3O3/c1-37-29-14-7-24(8-15-29)9-16-30(35)32-18-4-19-33(22-21-32)31(36)26-10-12-28(13-11-26)34-20-17-25-5-2-3-6-27(25)23-34/h2-3,5-8,10-15H,4,9,16-23H2,1H3. The number of anilines is 1. The van der Waals surface area contributed by atoms with Crippen molar-refractivity contribution >= 4 is 17.5 Å². The first-order valence-electron chi connectivity index (χ1n) is 13.2. The molecule has 0 radical (unpaired) electrons. The summed E-state index contributed by atoms with van der Waals surface area (Å²) in [5.41, 5.74) is 5.79. The normalized spacial score (nSPS) is 15.6. The molecule has 0 aliphatic carbocycles. The van der Waals surface area contributed by atoms with Crippen molar-refractivity contribution in [2.24, 2.45) is 0 Å². The van der Waals surface area contributed by atoms with Gasteiger partial charge in [0.15, 0.2) is 0 Å². The second kappa shape index (κ2) is 11.5. The fraction of sp³-hybridized carbons (Fsp3) is 0.355. The number of carbonyl (C=O) groups excluding carboxylic acids is 2. The van der Waals surface area contributed by atoms with Gasteiger partial charge in [-0.05, 0) is 72.4 Å². The molecular weight excluding hydrogens is 462 g/mol. The Morgan fingerprint density at radius 2 is 1.49 bits per heavy atom. The van der Waals surface area contributed by atoms with E-state index in [1.165, 1.54) is 11.1 Å². The molecule has 0 aromatic heterocycles. The lowest BCUT2D eigenvalue weighted by Crippen LogP contribution is -2.37. The van der Waals surface area contributed by atoms with E-state index in [0.717, 1.165) is 42.9 Å². The zero-order valence-corrected chi connectivity index (χ0v) is 21.6. The molecule has 0 spiro atoms. The van der Waals surface area contributed by atoms with E-state index >= 15 is 0 Å². The van der Waals surface area contributed by atoms with Crippen LogP contribution >= 0.6 is 0 Å². The number of methoxy groups -OCH3 is 1. The summed E-state index contributed by atoms with van der Waals surface area (Å²) >= 11 is 0. The van der Waals surface area contributed by atoms with Gasteiger partial charge in [0.25, 0.3) is 5.91 Å². The Bertz CT molecular complexity index is 1220. The third kappa shape index (κ3) is 5.96. The molecule has 6 heteroatoms. The number of rotatable bonds is 6. The fourth-order valence-electron chi connectivity index (χ4n) is 5.29. The molecule has 5 rings (SSSR count). The lowest BCUT2D eigenvalue weighted by Gasteiger charge is -2.31. The van der Waals surface area contributed by atoms with Gasteiger partial charge in [0.2, 0.25) is 5.91 Å². The third-order valence-electron chi connectivity index (χ3n) is 7.53. The number of nitrogens with zero attached hydrogens (tertiary/aromatic N) is 3. The van der Waals surface area contributed by atoms with Crippen molar-refractivity contribution in [3.8, 4) is 5.75 Å². The minimum absolute atomic E-state index is 0.0445. The number of benzene rings is 3. The maximum absolute atomic E-state index is 13.2. The number of carbonyl (C=O) groups is 2. The van der Waals surface area contributed by atoms with Crippen LogP contribution in [-0.2, 0) is 24.2 Å². The van der Waals surface area contributed by atoms with Gasteiger partial charge in [-0.3, -0.25) is 9.59 Å². The molecule has 0 bridgehead atoms. The second-order valence-corrected chi connectivity index (χ2v) is 9.86. The monoisotopic (exact) mass is 497 g/mol. The Morgan fingerprint density at radius 3 is 2.24 bits per heavy atom. The van der Waals surface area contributed by atoms with Crippen LogP contribution in [0.1, 0.15) is 39.9 Å². The topological polar surface area (TPSA) is 53.1 Å². The minimum Gasteiger partial charge on any atom is -0.497 e. The molecule has 6 nitrogen and oxygen atoms in total. The molecule has 0 atom stereocenters. The van der Waals surface area contributed by atoms with E-state index in [9.17, 15) is 9.59 Å². The lowest BCUT2D eigenvalue weighted by molar-refractivity contribution is -0.131. The van der Waals surface area contributed by atoms with Crippen LogP contribution in [-0.4, -0.2) is 61.4 Å². The Balaban J connectivity index is 1.13. The van der Waals surface area contributed by atoms with Crippen LogP contribution < -0.4 is 9.64 Å². The van der Waals surface area contributed by atoms with Gasteiger partial charge in [-0.2, -0.15) is 0 Å². The Hall–Kier alpha value is -3.80. The quantitative estimate of drug-likeness (QED) is 0.501. The molecule has 2 aliphatic heterocycles. The summed E-state index contributed by atoms with van der Waals surface area (Å²) in [5, 5.41) is 0. The van der Waals surface area contributed by atoms with E-state index in [0.29, 0.717) is 44.6 Å². The van der Waals surface area contributed by atoms with Crippen LogP contribution in [0.25, 0.3) is 0 Å². The molecule has 192 valence electrons. The largest absolute Gasteiger partial charge is 0.497 e. The number of fused-ring (bicyclic) bond motifs is 1. The molecule has 1 saturated heterocycles. The van der Waals surface area contributed by atoms with E-state index in [1.54, 1.807) is 7.11 Å². The summed E-state index contributed by atoms with van der Waals surface area (Å²) in [6, 6.07) is 24.5. The van der Waals surface area contributed by atoms with Crippen molar-refractivity contribution < 1.29 is 14.3 Å².